The third-order valence-corrected chi connectivity index (χ3v) is 7.46. The molecule has 0 spiro atoms. The molecule has 5 rings (SSSR count). The second-order valence-corrected chi connectivity index (χ2v) is 9.38. The van der Waals surface area contributed by atoms with Crippen molar-refractivity contribution in [1.82, 2.24) is 9.80 Å². The number of piperazine rings is 1. The molecule has 2 aromatic carbocycles. The fourth-order valence-corrected chi connectivity index (χ4v) is 5.32. The molecular weight excluding hydrogens is 423 g/mol. The van der Waals surface area contributed by atoms with Gasteiger partial charge >= 0.3 is 5.97 Å². The first-order valence-electron chi connectivity index (χ1n) is 11.7. The number of carbonyl (C=O) groups excluding carboxylic acids is 1. The van der Waals surface area contributed by atoms with Gasteiger partial charge in [0.15, 0.2) is 0 Å². The van der Waals surface area contributed by atoms with E-state index in [1.54, 1.807) is 12.1 Å². The number of β-amino-alcohol motifs (C(OH)–C–C–N with tert-alkyl or cyclic N) is 1. The second-order valence-electron chi connectivity index (χ2n) is 9.38. The van der Waals surface area contributed by atoms with Crippen LogP contribution in [0.1, 0.15) is 61.6 Å². The highest BCUT2D eigenvalue weighted by Crippen LogP contribution is 2.32. The van der Waals surface area contributed by atoms with Crippen LogP contribution in [0, 0.1) is 13.8 Å². The van der Waals surface area contributed by atoms with Gasteiger partial charge in [-0.05, 0) is 53.3 Å². The van der Waals surface area contributed by atoms with Gasteiger partial charge in [-0.15, -0.1) is 0 Å². The summed E-state index contributed by atoms with van der Waals surface area (Å²) >= 11 is 0. The molecule has 1 fully saturated rings. The molecule has 0 aromatic heterocycles. The summed E-state index contributed by atoms with van der Waals surface area (Å²) in [5.41, 5.74) is 7.37. The van der Waals surface area contributed by atoms with Crippen molar-refractivity contribution < 1.29 is 23.8 Å². The number of rotatable bonds is 6. The van der Waals surface area contributed by atoms with Gasteiger partial charge in [0.2, 0.25) is 0 Å². The Morgan fingerprint density at radius 1 is 0.909 bits per heavy atom. The molecule has 1 saturated heterocycles. The average molecular weight is 455 g/mol. The van der Waals surface area contributed by atoms with Crippen LogP contribution in [0.4, 0.5) is 4.39 Å². The van der Waals surface area contributed by atoms with Gasteiger partial charge in [-0.25, -0.2) is 9.18 Å². The average Bonchev–Trinajstić information content (AvgIpc) is 3.43. The predicted octanol–water partition coefficient (Wildman–Crippen LogP) is 3.37. The lowest BCUT2D eigenvalue weighted by Gasteiger charge is -2.36. The number of carbonyl (C=O) groups is 1. The maximum atomic E-state index is 15.2. The minimum atomic E-state index is -1.11. The van der Waals surface area contributed by atoms with Crippen molar-refractivity contribution in [2.45, 2.75) is 45.9 Å². The summed E-state index contributed by atoms with van der Waals surface area (Å²) in [6, 6.07) is 7.50. The highest BCUT2D eigenvalue weighted by molar-refractivity contribution is 5.93. The smallest absolute Gasteiger partial charge is 0.338 e. The molecule has 0 bridgehead atoms. The molecule has 3 aliphatic rings. The van der Waals surface area contributed by atoms with Gasteiger partial charge in [-0.3, -0.25) is 9.80 Å². The SMILES string of the molecule is Cc1c(C(O)CN2CCN(CC(F)c3ccc4c(c3C)COC4=O)CC2)ccc2c1COC2. The maximum absolute atomic E-state index is 15.2. The maximum Gasteiger partial charge on any atom is 0.338 e. The Hall–Kier alpha value is -2.32. The van der Waals surface area contributed by atoms with Crippen LogP contribution in [0.25, 0.3) is 0 Å². The van der Waals surface area contributed by atoms with E-state index in [-0.39, 0.29) is 12.6 Å². The Morgan fingerprint density at radius 2 is 1.58 bits per heavy atom. The van der Waals surface area contributed by atoms with E-state index in [1.807, 2.05) is 13.0 Å². The Morgan fingerprint density at radius 3 is 2.33 bits per heavy atom. The lowest BCUT2D eigenvalue weighted by atomic mass is 9.95. The molecule has 0 radical (unpaired) electrons. The molecule has 7 heteroatoms. The molecule has 3 heterocycles. The largest absolute Gasteiger partial charge is 0.457 e. The molecule has 176 valence electrons. The topological polar surface area (TPSA) is 62.2 Å². The van der Waals surface area contributed by atoms with Gasteiger partial charge in [0.05, 0.1) is 24.9 Å². The highest BCUT2D eigenvalue weighted by atomic mass is 19.1. The van der Waals surface area contributed by atoms with Gasteiger partial charge in [-0.1, -0.05) is 18.2 Å². The molecule has 1 N–H and O–H groups in total. The molecule has 0 saturated carbocycles. The number of hydrogen-bond donors (Lipinski definition) is 1. The number of esters is 1. The number of alkyl halides is 1. The third-order valence-electron chi connectivity index (χ3n) is 7.46. The normalized spacial score (nSPS) is 20.4. The number of halogens is 1. The molecule has 3 aliphatic heterocycles. The van der Waals surface area contributed by atoms with Crippen molar-refractivity contribution in [2.24, 2.45) is 0 Å². The number of nitrogens with zero attached hydrogens (tertiary/aromatic N) is 2. The van der Waals surface area contributed by atoms with E-state index in [2.05, 4.69) is 22.8 Å². The van der Waals surface area contributed by atoms with Gasteiger partial charge in [0, 0.05) is 44.8 Å². The van der Waals surface area contributed by atoms with Gasteiger partial charge < -0.3 is 14.6 Å². The molecule has 0 amide bonds. The molecule has 2 aromatic rings. The van der Waals surface area contributed by atoms with E-state index in [4.69, 9.17) is 9.47 Å². The van der Waals surface area contributed by atoms with E-state index in [1.165, 1.54) is 11.1 Å². The van der Waals surface area contributed by atoms with Crippen molar-refractivity contribution in [3.63, 3.8) is 0 Å². The Labute approximate surface area is 193 Å². The number of hydrogen-bond acceptors (Lipinski definition) is 6. The number of benzene rings is 2. The van der Waals surface area contributed by atoms with E-state index in [9.17, 15) is 9.90 Å². The molecule has 2 atom stereocenters. The van der Waals surface area contributed by atoms with Crippen molar-refractivity contribution in [3.05, 3.63) is 68.8 Å². The van der Waals surface area contributed by atoms with Gasteiger partial charge in [0.25, 0.3) is 0 Å². The summed E-state index contributed by atoms with van der Waals surface area (Å²) in [5.74, 6) is -0.322. The predicted molar refractivity (Wildman–Crippen MR) is 122 cm³/mol. The Bertz CT molecular complexity index is 1060. The van der Waals surface area contributed by atoms with Crippen LogP contribution < -0.4 is 0 Å². The summed E-state index contributed by atoms with van der Waals surface area (Å²) < 4.78 is 25.8. The van der Waals surface area contributed by atoms with Crippen molar-refractivity contribution >= 4 is 5.97 Å². The zero-order valence-corrected chi connectivity index (χ0v) is 19.3. The molecule has 33 heavy (non-hydrogen) atoms. The van der Waals surface area contributed by atoms with Crippen LogP contribution in [-0.2, 0) is 29.3 Å². The first-order valence-corrected chi connectivity index (χ1v) is 11.7. The Balaban J connectivity index is 1.15. The summed E-state index contributed by atoms with van der Waals surface area (Å²) in [6.45, 7) is 9.46. The third kappa shape index (κ3) is 4.30. The number of aliphatic hydroxyl groups is 1. The summed E-state index contributed by atoms with van der Waals surface area (Å²) in [5, 5.41) is 10.9. The first-order chi connectivity index (χ1) is 15.9. The van der Waals surface area contributed by atoms with E-state index in [0.717, 1.165) is 48.4 Å². The molecular formula is C26H31FN2O4. The first kappa shape index (κ1) is 22.5. The summed E-state index contributed by atoms with van der Waals surface area (Å²) in [4.78, 5) is 16.1. The minimum absolute atomic E-state index is 0.234. The summed E-state index contributed by atoms with van der Waals surface area (Å²) in [7, 11) is 0. The van der Waals surface area contributed by atoms with Crippen LogP contribution in [0.5, 0.6) is 0 Å². The number of ether oxygens (including phenoxy) is 2. The number of fused-ring (bicyclic) bond motifs is 2. The Kier molecular flexibility index (Phi) is 6.22. The highest BCUT2D eigenvalue weighted by Gasteiger charge is 2.28. The van der Waals surface area contributed by atoms with Crippen LogP contribution in [0.3, 0.4) is 0 Å². The lowest BCUT2D eigenvalue weighted by Crippen LogP contribution is -2.48. The minimum Gasteiger partial charge on any atom is -0.457 e. The fourth-order valence-electron chi connectivity index (χ4n) is 5.32. The van der Waals surface area contributed by atoms with Crippen LogP contribution in [0.2, 0.25) is 0 Å². The lowest BCUT2D eigenvalue weighted by molar-refractivity contribution is 0.0534. The molecule has 0 aliphatic carbocycles. The fraction of sp³-hybridized carbons (Fsp3) is 0.500. The quantitative estimate of drug-likeness (QED) is 0.676. The molecule has 2 unspecified atom stereocenters. The van der Waals surface area contributed by atoms with Crippen molar-refractivity contribution in [2.75, 3.05) is 39.3 Å². The zero-order valence-electron chi connectivity index (χ0n) is 19.3. The zero-order chi connectivity index (χ0) is 23.1. The van der Waals surface area contributed by atoms with Gasteiger partial charge in [-0.2, -0.15) is 0 Å². The van der Waals surface area contributed by atoms with E-state index in [0.29, 0.717) is 37.4 Å². The monoisotopic (exact) mass is 454 g/mol. The second kappa shape index (κ2) is 9.14. The van der Waals surface area contributed by atoms with Crippen molar-refractivity contribution in [3.8, 4) is 0 Å². The standard InChI is InChI=1S/C26H31FN2O4/c1-16-19(5-6-21-23(16)15-33-26(21)31)24(27)11-28-7-9-29(10-8-28)12-25(30)20-4-3-18-13-32-14-22(18)17(20)2/h3-6,24-25,30H,7-15H2,1-2H3. The van der Waals surface area contributed by atoms with Crippen molar-refractivity contribution in [1.29, 1.82) is 0 Å². The van der Waals surface area contributed by atoms with Crippen LogP contribution in [-0.4, -0.2) is 60.1 Å². The van der Waals surface area contributed by atoms with Gasteiger partial charge in [0.1, 0.15) is 12.8 Å². The van der Waals surface area contributed by atoms with E-state index >= 15 is 4.39 Å². The molecule has 6 nitrogen and oxygen atoms in total. The van der Waals surface area contributed by atoms with E-state index < -0.39 is 12.3 Å². The van der Waals surface area contributed by atoms with Crippen LogP contribution >= 0.6 is 0 Å². The van der Waals surface area contributed by atoms with Crippen LogP contribution in [0.15, 0.2) is 24.3 Å². The number of cyclic esters (lactones) is 1. The summed E-state index contributed by atoms with van der Waals surface area (Å²) in [6.07, 6.45) is -1.66. The number of aliphatic hydroxyl groups excluding tert-OH is 1.